The summed E-state index contributed by atoms with van der Waals surface area (Å²) in [5.74, 6) is -0.127. The molecule has 1 saturated carbocycles. The van der Waals surface area contributed by atoms with Crippen LogP contribution in [-0.2, 0) is 9.53 Å². The first-order valence-corrected chi connectivity index (χ1v) is 5.95. The maximum absolute atomic E-state index is 11.3. The topological polar surface area (TPSA) is 38.3 Å². The molecule has 0 radical (unpaired) electrons. The van der Waals surface area contributed by atoms with Gasteiger partial charge >= 0.3 is 5.97 Å². The van der Waals surface area contributed by atoms with Crippen LogP contribution in [0.1, 0.15) is 40.0 Å². The predicted molar refractivity (Wildman–Crippen MR) is 60.6 cm³/mol. The first-order chi connectivity index (χ1) is 7.07. The molecule has 3 nitrogen and oxygen atoms in total. The quantitative estimate of drug-likeness (QED) is 0.685. The van der Waals surface area contributed by atoms with E-state index in [0.717, 1.165) is 13.1 Å². The third-order valence-electron chi connectivity index (χ3n) is 3.25. The molecule has 0 spiro atoms. The van der Waals surface area contributed by atoms with Gasteiger partial charge < -0.3 is 10.1 Å². The van der Waals surface area contributed by atoms with Gasteiger partial charge in [0.1, 0.15) is 0 Å². The van der Waals surface area contributed by atoms with Crippen LogP contribution >= 0.6 is 0 Å². The molecule has 0 aromatic heterocycles. The Bertz CT molecular complexity index is 212. The highest BCUT2D eigenvalue weighted by molar-refractivity contribution is 5.72. The minimum absolute atomic E-state index is 0.0337. The van der Waals surface area contributed by atoms with Gasteiger partial charge in [0.05, 0.1) is 12.5 Å². The molecule has 1 aliphatic carbocycles. The van der Waals surface area contributed by atoms with Gasteiger partial charge in [-0.1, -0.05) is 20.3 Å². The molecule has 1 atom stereocenters. The number of hydrogen-bond donors (Lipinski definition) is 1. The van der Waals surface area contributed by atoms with Gasteiger partial charge in [0.2, 0.25) is 0 Å². The van der Waals surface area contributed by atoms with Gasteiger partial charge in [-0.15, -0.1) is 0 Å². The summed E-state index contributed by atoms with van der Waals surface area (Å²) in [6.45, 7) is 8.28. The summed E-state index contributed by atoms with van der Waals surface area (Å²) in [7, 11) is 0. The Labute approximate surface area is 92.6 Å². The molecule has 0 bridgehead atoms. The molecule has 0 saturated heterocycles. The van der Waals surface area contributed by atoms with Crippen LogP contribution in [0.15, 0.2) is 0 Å². The van der Waals surface area contributed by atoms with Crippen molar-refractivity contribution in [3.05, 3.63) is 0 Å². The van der Waals surface area contributed by atoms with E-state index in [2.05, 4.69) is 12.2 Å². The number of rotatable bonds is 6. The normalized spacial score (nSPS) is 20.5. The van der Waals surface area contributed by atoms with Crippen molar-refractivity contribution in [2.45, 2.75) is 40.0 Å². The number of nitrogens with one attached hydrogen (secondary N) is 1. The number of esters is 1. The van der Waals surface area contributed by atoms with E-state index in [1.807, 2.05) is 13.8 Å². The van der Waals surface area contributed by atoms with Crippen LogP contribution in [0.25, 0.3) is 0 Å². The zero-order chi connectivity index (χ0) is 11.3. The Morgan fingerprint density at radius 3 is 2.67 bits per heavy atom. The second kappa shape index (κ2) is 5.50. The van der Waals surface area contributed by atoms with Crippen LogP contribution in [0.3, 0.4) is 0 Å². The fraction of sp³-hybridized carbons (Fsp3) is 0.917. The van der Waals surface area contributed by atoms with Crippen LogP contribution in [-0.4, -0.2) is 25.7 Å². The summed E-state index contributed by atoms with van der Waals surface area (Å²) in [5.41, 5.74) is 0.481. The molecule has 15 heavy (non-hydrogen) atoms. The smallest absolute Gasteiger partial charge is 0.309 e. The molecule has 1 fully saturated rings. The number of carbonyl (C=O) groups excluding carboxylic acids is 1. The van der Waals surface area contributed by atoms with Crippen LogP contribution in [0.4, 0.5) is 0 Å². The van der Waals surface area contributed by atoms with Crippen LogP contribution < -0.4 is 5.32 Å². The Kier molecular flexibility index (Phi) is 4.58. The standard InChI is InChI=1S/C12H23NO2/c1-4-15-11(14)10(2)8-13-9-12(3)6-5-7-12/h10,13H,4-9H2,1-3H3. The van der Waals surface area contributed by atoms with E-state index < -0.39 is 0 Å². The van der Waals surface area contributed by atoms with Crippen molar-refractivity contribution >= 4 is 5.97 Å². The molecule has 0 amide bonds. The van der Waals surface area contributed by atoms with Crippen LogP contribution in [0, 0.1) is 11.3 Å². The minimum Gasteiger partial charge on any atom is -0.466 e. The third-order valence-corrected chi connectivity index (χ3v) is 3.25. The van der Waals surface area contributed by atoms with Gasteiger partial charge in [0, 0.05) is 13.1 Å². The molecule has 1 unspecified atom stereocenters. The van der Waals surface area contributed by atoms with Crippen molar-refractivity contribution in [3.63, 3.8) is 0 Å². The van der Waals surface area contributed by atoms with Gasteiger partial charge in [-0.05, 0) is 25.2 Å². The van der Waals surface area contributed by atoms with E-state index >= 15 is 0 Å². The van der Waals surface area contributed by atoms with E-state index in [1.54, 1.807) is 0 Å². The maximum Gasteiger partial charge on any atom is 0.309 e. The predicted octanol–water partition coefficient (Wildman–Crippen LogP) is 1.97. The molecule has 0 aromatic rings. The lowest BCUT2D eigenvalue weighted by molar-refractivity contribution is -0.147. The van der Waals surface area contributed by atoms with E-state index in [-0.39, 0.29) is 11.9 Å². The molecular weight excluding hydrogens is 190 g/mol. The SMILES string of the molecule is CCOC(=O)C(C)CNCC1(C)CCC1. The number of ether oxygens (including phenoxy) is 1. The summed E-state index contributed by atoms with van der Waals surface area (Å²) in [4.78, 5) is 11.3. The number of hydrogen-bond acceptors (Lipinski definition) is 3. The largest absolute Gasteiger partial charge is 0.466 e. The van der Waals surface area contributed by atoms with Gasteiger partial charge in [-0.2, -0.15) is 0 Å². The molecule has 0 heterocycles. The van der Waals surface area contributed by atoms with Crippen LogP contribution in [0.2, 0.25) is 0 Å². The van der Waals surface area contributed by atoms with Crippen molar-refractivity contribution in [1.82, 2.24) is 5.32 Å². The molecule has 0 aromatic carbocycles. The lowest BCUT2D eigenvalue weighted by Gasteiger charge is -2.38. The minimum atomic E-state index is -0.0937. The van der Waals surface area contributed by atoms with Crippen molar-refractivity contribution in [1.29, 1.82) is 0 Å². The Hall–Kier alpha value is -0.570. The van der Waals surface area contributed by atoms with Gasteiger partial charge in [0.25, 0.3) is 0 Å². The van der Waals surface area contributed by atoms with Gasteiger partial charge in [0.15, 0.2) is 0 Å². The van der Waals surface area contributed by atoms with Crippen LogP contribution in [0.5, 0.6) is 0 Å². The lowest BCUT2D eigenvalue weighted by atomic mass is 9.70. The monoisotopic (exact) mass is 213 g/mol. The van der Waals surface area contributed by atoms with Gasteiger partial charge in [-0.3, -0.25) is 4.79 Å². The summed E-state index contributed by atoms with van der Waals surface area (Å²) >= 11 is 0. The fourth-order valence-electron chi connectivity index (χ4n) is 1.92. The molecule has 1 aliphatic rings. The van der Waals surface area contributed by atoms with Crippen molar-refractivity contribution in [3.8, 4) is 0 Å². The van der Waals surface area contributed by atoms with Gasteiger partial charge in [-0.25, -0.2) is 0 Å². The summed E-state index contributed by atoms with van der Waals surface area (Å²) in [6, 6.07) is 0. The number of carbonyl (C=O) groups is 1. The second-order valence-electron chi connectivity index (χ2n) is 4.95. The highest BCUT2D eigenvalue weighted by Crippen LogP contribution is 2.39. The fourth-order valence-corrected chi connectivity index (χ4v) is 1.92. The summed E-state index contributed by atoms with van der Waals surface area (Å²) in [5, 5.41) is 3.37. The maximum atomic E-state index is 11.3. The van der Waals surface area contributed by atoms with E-state index in [9.17, 15) is 4.79 Å². The van der Waals surface area contributed by atoms with E-state index in [1.165, 1.54) is 19.3 Å². The Morgan fingerprint density at radius 2 is 2.20 bits per heavy atom. The molecule has 1 N–H and O–H groups in total. The summed E-state index contributed by atoms with van der Waals surface area (Å²) in [6.07, 6.45) is 3.98. The lowest BCUT2D eigenvalue weighted by Crippen LogP contribution is -2.39. The van der Waals surface area contributed by atoms with Crippen molar-refractivity contribution in [2.24, 2.45) is 11.3 Å². The van der Waals surface area contributed by atoms with E-state index in [4.69, 9.17) is 4.74 Å². The van der Waals surface area contributed by atoms with Crippen molar-refractivity contribution in [2.75, 3.05) is 19.7 Å². The summed E-state index contributed by atoms with van der Waals surface area (Å²) < 4.78 is 4.95. The Morgan fingerprint density at radius 1 is 1.53 bits per heavy atom. The first-order valence-electron chi connectivity index (χ1n) is 5.95. The zero-order valence-corrected chi connectivity index (χ0v) is 10.1. The molecule has 0 aliphatic heterocycles. The van der Waals surface area contributed by atoms with E-state index in [0.29, 0.717) is 12.0 Å². The second-order valence-corrected chi connectivity index (χ2v) is 4.95. The highest BCUT2D eigenvalue weighted by Gasteiger charge is 2.31. The average Bonchev–Trinajstić information content (AvgIpc) is 2.15. The first kappa shape index (κ1) is 12.5. The highest BCUT2D eigenvalue weighted by atomic mass is 16.5. The molecule has 88 valence electrons. The Balaban J connectivity index is 2.11. The van der Waals surface area contributed by atoms with Crippen molar-refractivity contribution < 1.29 is 9.53 Å². The molecule has 1 rings (SSSR count). The third kappa shape index (κ3) is 3.82. The zero-order valence-electron chi connectivity index (χ0n) is 10.1. The molecule has 3 heteroatoms. The average molecular weight is 213 g/mol. The molecular formula is C12H23NO2.